The second-order valence-electron chi connectivity index (χ2n) is 9.03. The molecule has 8 heteroatoms. The molecule has 1 amide bonds. The van der Waals surface area contributed by atoms with Gasteiger partial charge in [0.05, 0.1) is 27.8 Å². The number of halogens is 1. The molecular formula is C21H24IN5O2. The molecule has 29 heavy (non-hydrogen) atoms. The first kappa shape index (κ1) is 20.1. The average molecular weight is 505 g/mol. The lowest BCUT2D eigenvalue weighted by atomic mass is 9.61. The highest BCUT2D eigenvalue weighted by Crippen LogP contribution is 2.54. The van der Waals surface area contributed by atoms with Gasteiger partial charge in [-0.25, -0.2) is 4.79 Å². The molecule has 2 fully saturated rings. The van der Waals surface area contributed by atoms with Crippen LogP contribution in [0, 0.1) is 20.3 Å². The number of carbonyl (C=O) groups excluding carboxylic acids is 1. The summed E-state index contributed by atoms with van der Waals surface area (Å²) in [4.78, 5) is 18.2. The first-order chi connectivity index (χ1) is 13.7. The molecule has 152 valence electrons. The van der Waals surface area contributed by atoms with Crippen molar-refractivity contribution in [2.24, 2.45) is 5.41 Å². The van der Waals surface area contributed by atoms with Crippen molar-refractivity contribution in [3.05, 3.63) is 33.8 Å². The number of nitriles is 1. The highest BCUT2D eigenvalue weighted by Gasteiger charge is 2.55. The number of nitrogens with zero attached hydrogens (tertiary/aromatic N) is 5. The van der Waals surface area contributed by atoms with E-state index in [0.29, 0.717) is 6.42 Å². The van der Waals surface area contributed by atoms with Crippen molar-refractivity contribution in [2.45, 2.75) is 51.7 Å². The summed E-state index contributed by atoms with van der Waals surface area (Å²) in [6.45, 7) is 7.13. The lowest BCUT2D eigenvalue weighted by Gasteiger charge is -2.58. The molecule has 0 atom stereocenters. The fourth-order valence-electron chi connectivity index (χ4n) is 4.26. The Labute approximate surface area is 184 Å². The van der Waals surface area contributed by atoms with Crippen molar-refractivity contribution in [1.82, 2.24) is 19.7 Å². The van der Waals surface area contributed by atoms with Gasteiger partial charge in [-0.05, 0) is 68.3 Å². The quantitative estimate of drug-likeness (QED) is 0.585. The first-order valence-electron chi connectivity index (χ1n) is 9.73. The fraction of sp³-hybridized carbons (Fsp3) is 0.524. The second kappa shape index (κ2) is 7.27. The van der Waals surface area contributed by atoms with Crippen LogP contribution in [0.1, 0.15) is 45.3 Å². The van der Waals surface area contributed by atoms with E-state index < -0.39 is 5.60 Å². The Kier molecular flexibility index (Phi) is 5.05. The van der Waals surface area contributed by atoms with E-state index in [1.54, 1.807) is 17.3 Å². The van der Waals surface area contributed by atoms with Crippen LogP contribution in [0.3, 0.4) is 0 Å². The van der Waals surface area contributed by atoms with E-state index in [2.05, 4.69) is 33.6 Å². The van der Waals surface area contributed by atoms with Crippen molar-refractivity contribution in [3.8, 4) is 17.3 Å². The number of amides is 1. The van der Waals surface area contributed by atoms with Crippen LogP contribution >= 0.6 is 22.6 Å². The van der Waals surface area contributed by atoms with Crippen LogP contribution in [0.4, 0.5) is 4.79 Å². The summed E-state index contributed by atoms with van der Waals surface area (Å²) in [5.41, 5.74) is 2.51. The first-order valence-corrected chi connectivity index (χ1v) is 10.8. The highest BCUT2D eigenvalue weighted by atomic mass is 127. The van der Waals surface area contributed by atoms with Crippen LogP contribution in [0.2, 0.25) is 0 Å². The third-order valence-corrected chi connectivity index (χ3v) is 6.65. The summed E-state index contributed by atoms with van der Waals surface area (Å²) in [6.07, 6.45) is 5.58. The number of ether oxygens (including phenoxy) is 1. The fourth-order valence-corrected chi connectivity index (χ4v) is 5.12. The van der Waals surface area contributed by atoms with Gasteiger partial charge in [-0.3, -0.25) is 9.67 Å². The van der Waals surface area contributed by atoms with Gasteiger partial charge >= 0.3 is 6.09 Å². The van der Waals surface area contributed by atoms with Crippen LogP contribution in [0.25, 0.3) is 11.3 Å². The Balaban J connectivity index is 1.46. The molecule has 1 spiro atoms. The molecule has 2 aromatic rings. The lowest BCUT2D eigenvalue weighted by molar-refractivity contribution is -0.0931. The van der Waals surface area contributed by atoms with Crippen LogP contribution in [-0.2, 0) is 11.2 Å². The molecule has 1 aliphatic heterocycles. The summed E-state index contributed by atoms with van der Waals surface area (Å²) in [5, 5.41) is 14.2. The van der Waals surface area contributed by atoms with Gasteiger partial charge in [-0.2, -0.15) is 10.4 Å². The van der Waals surface area contributed by atoms with Crippen molar-refractivity contribution in [2.75, 3.05) is 13.1 Å². The van der Waals surface area contributed by atoms with Crippen molar-refractivity contribution in [3.63, 3.8) is 0 Å². The third-order valence-electron chi connectivity index (χ3n) is 5.51. The van der Waals surface area contributed by atoms with Crippen molar-refractivity contribution in [1.29, 1.82) is 5.26 Å². The van der Waals surface area contributed by atoms with E-state index in [-0.39, 0.29) is 17.6 Å². The van der Waals surface area contributed by atoms with Crippen LogP contribution in [0.5, 0.6) is 0 Å². The van der Waals surface area contributed by atoms with Gasteiger partial charge < -0.3 is 9.64 Å². The predicted molar refractivity (Wildman–Crippen MR) is 116 cm³/mol. The molecule has 7 nitrogen and oxygen atoms in total. The van der Waals surface area contributed by atoms with Crippen LogP contribution in [-0.4, -0.2) is 44.4 Å². The Hall–Kier alpha value is -2.15. The minimum Gasteiger partial charge on any atom is -0.444 e. The number of pyridine rings is 1. The van der Waals surface area contributed by atoms with Gasteiger partial charge in [-0.1, -0.05) is 0 Å². The SMILES string of the molecule is CC(C)(C)OC(=O)N1CC2(CC(n3nc(-c4cccnc4)c(I)c3CC#N)C2)C1. The molecular weight excluding hydrogens is 481 g/mol. The molecule has 3 heterocycles. The number of rotatable bonds is 3. The molecule has 0 radical (unpaired) electrons. The molecule has 0 aromatic carbocycles. The standard InChI is InChI=1S/C21H24IN5O2/c1-20(2,3)29-19(28)26-12-21(13-26)9-15(10-21)27-16(6-7-23)17(22)18(25-27)14-5-4-8-24-11-14/h4-5,8,11,15H,6,9-10,12-13H2,1-3H3. The summed E-state index contributed by atoms with van der Waals surface area (Å²) in [5.74, 6) is 0. The van der Waals surface area contributed by atoms with Gasteiger partial charge in [0.25, 0.3) is 0 Å². The van der Waals surface area contributed by atoms with E-state index in [4.69, 9.17) is 9.84 Å². The maximum atomic E-state index is 12.2. The number of likely N-dealkylation sites (tertiary alicyclic amines) is 1. The number of hydrogen-bond donors (Lipinski definition) is 0. The van der Waals surface area contributed by atoms with Gasteiger partial charge in [0.15, 0.2) is 0 Å². The summed E-state index contributed by atoms with van der Waals surface area (Å²) in [6, 6.07) is 6.42. The zero-order chi connectivity index (χ0) is 20.8. The maximum absolute atomic E-state index is 12.2. The Morgan fingerprint density at radius 1 is 1.41 bits per heavy atom. The van der Waals surface area contributed by atoms with E-state index in [0.717, 1.165) is 46.5 Å². The molecule has 1 saturated carbocycles. The zero-order valence-electron chi connectivity index (χ0n) is 16.9. The summed E-state index contributed by atoms with van der Waals surface area (Å²) < 4.78 is 8.51. The largest absolute Gasteiger partial charge is 0.444 e. The van der Waals surface area contributed by atoms with E-state index in [1.165, 1.54) is 0 Å². The minimum atomic E-state index is -0.470. The zero-order valence-corrected chi connectivity index (χ0v) is 19.0. The topological polar surface area (TPSA) is 84.0 Å². The van der Waals surface area contributed by atoms with E-state index in [1.807, 2.05) is 37.6 Å². The molecule has 0 N–H and O–H groups in total. The highest BCUT2D eigenvalue weighted by molar-refractivity contribution is 14.1. The van der Waals surface area contributed by atoms with Crippen molar-refractivity contribution < 1.29 is 9.53 Å². The van der Waals surface area contributed by atoms with Gasteiger partial charge in [0.2, 0.25) is 0 Å². The lowest BCUT2D eigenvalue weighted by Crippen LogP contribution is -2.64. The van der Waals surface area contributed by atoms with Crippen LogP contribution in [0.15, 0.2) is 24.5 Å². The monoisotopic (exact) mass is 505 g/mol. The van der Waals surface area contributed by atoms with Gasteiger partial charge in [0.1, 0.15) is 11.3 Å². The Morgan fingerprint density at radius 2 is 2.14 bits per heavy atom. The third kappa shape index (κ3) is 3.84. The number of carbonyl (C=O) groups is 1. The number of hydrogen-bond acceptors (Lipinski definition) is 5. The Bertz CT molecular complexity index is 959. The summed E-state index contributed by atoms with van der Waals surface area (Å²) >= 11 is 2.29. The van der Waals surface area contributed by atoms with E-state index in [9.17, 15) is 10.1 Å². The molecule has 0 bridgehead atoms. The minimum absolute atomic E-state index is 0.164. The van der Waals surface area contributed by atoms with Gasteiger partial charge in [-0.15, -0.1) is 0 Å². The average Bonchev–Trinajstić information content (AvgIpc) is 2.89. The van der Waals surface area contributed by atoms with Crippen molar-refractivity contribution >= 4 is 28.7 Å². The molecule has 4 rings (SSSR count). The molecule has 2 aliphatic rings. The van der Waals surface area contributed by atoms with Crippen LogP contribution < -0.4 is 0 Å². The molecule has 2 aromatic heterocycles. The molecule has 1 aliphatic carbocycles. The molecule has 1 saturated heterocycles. The smallest absolute Gasteiger partial charge is 0.410 e. The second-order valence-corrected chi connectivity index (χ2v) is 10.1. The Morgan fingerprint density at radius 3 is 2.72 bits per heavy atom. The molecule has 0 unspecified atom stereocenters. The van der Waals surface area contributed by atoms with E-state index >= 15 is 0 Å². The predicted octanol–water partition coefficient (Wildman–Crippen LogP) is 4.19. The summed E-state index contributed by atoms with van der Waals surface area (Å²) in [7, 11) is 0. The normalized spacial score (nSPS) is 18.1. The van der Waals surface area contributed by atoms with Gasteiger partial charge in [0, 0.05) is 36.5 Å². The number of aromatic nitrogens is 3. The maximum Gasteiger partial charge on any atom is 0.410 e.